The molecule has 1 spiro atoms. The minimum absolute atomic E-state index is 0.0783. The van der Waals surface area contributed by atoms with E-state index in [0.29, 0.717) is 35.3 Å². The van der Waals surface area contributed by atoms with Gasteiger partial charge in [0.15, 0.2) is 22.8 Å². The number of hydrogen-bond acceptors (Lipinski definition) is 8. The maximum Gasteiger partial charge on any atom is 0.180 e. The molecule has 1 aromatic carbocycles. The van der Waals surface area contributed by atoms with E-state index in [-0.39, 0.29) is 41.0 Å². The topological polar surface area (TPSA) is 108 Å². The second-order valence-corrected chi connectivity index (χ2v) is 13.8. The Labute approximate surface area is 246 Å². The van der Waals surface area contributed by atoms with Gasteiger partial charge in [0.05, 0.1) is 23.2 Å². The van der Waals surface area contributed by atoms with E-state index < -0.39 is 40.3 Å². The highest BCUT2D eigenvalue weighted by Crippen LogP contribution is 2.70. The molecule has 42 heavy (non-hydrogen) atoms. The molecular formula is C34H40O8. The third kappa shape index (κ3) is 3.57. The highest BCUT2D eigenvalue weighted by atomic mass is 16.6. The SMILES string of the molecule is CO[C@@H]1[C@H]2C[C@@H]3C(C)(C)O[C@](CC=C(C)C=O)(C2=O)[C@@]32Oc3c(CC=C(C)C)c4c(c(O)c3C(=O)[C@@H]12)C=CC(C)(C)O4. The standard InChI is InChI=1S/C34H40O8/c1-17(2)9-10-20-27-19(12-13-31(4,5)40-27)25(36)23-26(37)24-29(39-8)21-15-22-32(6,7)42-33(30(21)38,14-11-18(3)16-35)34(22,24)41-28(20)23/h9,11-13,16,21-22,24,29,36H,10,14-15H2,1-8H3/t21-,22-,24+,29-,33-,34-/m1/s1. The zero-order chi connectivity index (χ0) is 30.6. The summed E-state index contributed by atoms with van der Waals surface area (Å²) in [6.45, 7) is 13.4. The molecule has 8 heteroatoms. The molecule has 3 saturated carbocycles. The highest BCUT2D eigenvalue weighted by molar-refractivity contribution is 6.10. The van der Waals surface area contributed by atoms with Crippen molar-refractivity contribution in [3.63, 3.8) is 0 Å². The van der Waals surface area contributed by atoms with Crippen molar-refractivity contribution < 1.29 is 38.4 Å². The molecule has 1 saturated heterocycles. The number of benzene rings is 1. The summed E-state index contributed by atoms with van der Waals surface area (Å²) in [5.74, 6) is -1.86. The molecule has 3 aliphatic heterocycles. The van der Waals surface area contributed by atoms with E-state index in [9.17, 15) is 19.5 Å². The molecule has 4 bridgehead atoms. The lowest BCUT2D eigenvalue weighted by Gasteiger charge is -2.62. The number of carbonyl (C=O) groups excluding carboxylic acids is 3. The first kappa shape index (κ1) is 28.9. The lowest BCUT2D eigenvalue weighted by atomic mass is 9.45. The van der Waals surface area contributed by atoms with E-state index >= 15 is 0 Å². The van der Waals surface area contributed by atoms with Crippen LogP contribution >= 0.6 is 0 Å². The van der Waals surface area contributed by atoms with E-state index in [1.165, 1.54) is 7.11 Å². The van der Waals surface area contributed by atoms with Crippen LogP contribution < -0.4 is 9.47 Å². The number of methoxy groups -OCH3 is 1. The van der Waals surface area contributed by atoms with Gasteiger partial charge in [-0.2, -0.15) is 0 Å². The van der Waals surface area contributed by atoms with Crippen LogP contribution in [-0.4, -0.2) is 58.6 Å². The Morgan fingerprint density at radius 1 is 1.10 bits per heavy atom. The number of phenolic OH excluding ortho intramolecular Hbond substituents is 1. The van der Waals surface area contributed by atoms with Crippen molar-refractivity contribution in [2.24, 2.45) is 17.8 Å². The zero-order valence-electron chi connectivity index (χ0n) is 25.6. The van der Waals surface area contributed by atoms with Crippen LogP contribution in [0.1, 0.15) is 82.8 Å². The average molecular weight is 577 g/mol. The van der Waals surface area contributed by atoms with Gasteiger partial charge in [-0.3, -0.25) is 14.4 Å². The highest BCUT2D eigenvalue weighted by Gasteiger charge is 2.85. The van der Waals surface area contributed by atoms with E-state index in [4.69, 9.17) is 18.9 Å². The smallest absolute Gasteiger partial charge is 0.180 e. The summed E-state index contributed by atoms with van der Waals surface area (Å²) in [7, 11) is 1.51. The van der Waals surface area contributed by atoms with Crippen LogP contribution in [0, 0.1) is 17.8 Å². The lowest BCUT2D eigenvalue weighted by Crippen LogP contribution is -2.80. The first-order valence-electron chi connectivity index (χ1n) is 14.7. The van der Waals surface area contributed by atoms with Gasteiger partial charge in [0, 0.05) is 30.9 Å². The van der Waals surface area contributed by atoms with Crippen molar-refractivity contribution in [1.82, 2.24) is 0 Å². The van der Waals surface area contributed by atoms with Crippen molar-refractivity contribution in [3.8, 4) is 17.2 Å². The summed E-state index contributed by atoms with van der Waals surface area (Å²) in [6, 6.07) is 0. The fourth-order valence-electron chi connectivity index (χ4n) is 8.28. The van der Waals surface area contributed by atoms with Crippen LogP contribution in [0.25, 0.3) is 6.08 Å². The third-order valence-corrected chi connectivity index (χ3v) is 10.0. The molecule has 7 rings (SSSR count). The fraction of sp³-hybridized carbons (Fsp3) is 0.559. The van der Waals surface area contributed by atoms with Crippen LogP contribution in [0.5, 0.6) is 17.2 Å². The van der Waals surface area contributed by atoms with Crippen LogP contribution in [0.3, 0.4) is 0 Å². The number of allylic oxidation sites excluding steroid dienone is 3. The quantitative estimate of drug-likeness (QED) is 0.275. The number of carbonyl (C=O) groups is 3. The third-order valence-electron chi connectivity index (χ3n) is 10.0. The predicted molar refractivity (Wildman–Crippen MR) is 156 cm³/mol. The van der Waals surface area contributed by atoms with E-state index in [2.05, 4.69) is 0 Å². The van der Waals surface area contributed by atoms with Crippen LogP contribution in [-0.2, 0) is 25.5 Å². The minimum atomic E-state index is -1.53. The van der Waals surface area contributed by atoms with Gasteiger partial charge in [-0.15, -0.1) is 0 Å². The molecule has 0 amide bonds. The Hall–Kier alpha value is -3.23. The van der Waals surface area contributed by atoms with Gasteiger partial charge in [0.1, 0.15) is 34.7 Å². The largest absolute Gasteiger partial charge is 0.506 e. The van der Waals surface area contributed by atoms with Crippen molar-refractivity contribution in [2.75, 3.05) is 7.11 Å². The van der Waals surface area contributed by atoms with Gasteiger partial charge in [-0.25, -0.2) is 0 Å². The number of rotatable bonds is 6. The monoisotopic (exact) mass is 576 g/mol. The second-order valence-electron chi connectivity index (χ2n) is 13.8. The van der Waals surface area contributed by atoms with Gasteiger partial charge in [0.25, 0.3) is 0 Å². The maximum atomic E-state index is 14.9. The van der Waals surface area contributed by atoms with Crippen LogP contribution in [0.15, 0.2) is 29.4 Å². The van der Waals surface area contributed by atoms with E-state index in [1.54, 1.807) is 19.1 Å². The van der Waals surface area contributed by atoms with Gasteiger partial charge in [0.2, 0.25) is 0 Å². The molecule has 4 fully saturated rings. The first-order chi connectivity index (χ1) is 19.7. The Bertz CT molecular complexity index is 1510. The summed E-state index contributed by atoms with van der Waals surface area (Å²) < 4.78 is 26.3. The van der Waals surface area contributed by atoms with Crippen molar-refractivity contribution in [2.45, 2.75) is 96.2 Å². The lowest BCUT2D eigenvalue weighted by molar-refractivity contribution is -0.224. The summed E-state index contributed by atoms with van der Waals surface area (Å²) in [5.41, 5.74) is -1.74. The number of fused-ring (bicyclic) bond motifs is 2. The van der Waals surface area contributed by atoms with Gasteiger partial charge >= 0.3 is 0 Å². The predicted octanol–water partition coefficient (Wildman–Crippen LogP) is 5.33. The second kappa shape index (κ2) is 9.13. The number of hydrogen-bond donors (Lipinski definition) is 1. The minimum Gasteiger partial charge on any atom is -0.506 e. The zero-order valence-corrected chi connectivity index (χ0v) is 25.6. The van der Waals surface area contributed by atoms with Crippen molar-refractivity contribution in [3.05, 3.63) is 46.1 Å². The molecule has 224 valence electrons. The number of aromatic hydroxyl groups is 1. The average Bonchev–Trinajstić information content (AvgIpc) is 3.06. The molecule has 8 nitrogen and oxygen atoms in total. The Morgan fingerprint density at radius 2 is 1.81 bits per heavy atom. The molecule has 6 atom stereocenters. The number of phenols is 1. The van der Waals surface area contributed by atoms with Crippen LogP contribution in [0.4, 0.5) is 0 Å². The molecule has 1 aromatic rings. The van der Waals surface area contributed by atoms with Crippen LogP contribution in [0.2, 0.25) is 0 Å². The Balaban J connectivity index is 1.68. The van der Waals surface area contributed by atoms with Gasteiger partial charge in [-0.05, 0) is 79.0 Å². The maximum absolute atomic E-state index is 14.9. The summed E-state index contributed by atoms with van der Waals surface area (Å²) >= 11 is 0. The summed E-state index contributed by atoms with van der Waals surface area (Å²) in [6.07, 6.45) is 8.28. The first-order valence-corrected chi connectivity index (χ1v) is 14.7. The van der Waals surface area contributed by atoms with E-state index in [1.807, 2.05) is 53.7 Å². The summed E-state index contributed by atoms with van der Waals surface area (Å²) in [5, 5.41) is 11.7. The Kier molecular flexibility index (Phi) is 6.28. The molecule has 0 unspecified atom stereocenters. The molecule has 1 N–H and O–H groups in total. The number of aldehydes is 1. The number of ether oxygens (including phenoxy) is 4. The molecule has 3 aliphatic carbocycles. The fourth-order valence-corrected chi connectivity index (χ4v) is 8.28. The molecular weight excluding hydrogens is 536 g/mol. The number of Topliss-reactive ketones (excluding diaryl/α,β-unsaturated/α-hetero) is 2. The molecule has 3 heterocycles. The Morgan fingerprint density at radius 3 is 2.45 bits per heavy atom. The number of ketones is 2. The normalized spacial score (nSPS) is 34.6. The van der Waals surface area contributed by atoms with Crippen molar-refractivity contribution >= 4 is 23.9 Å². The van der Waals surface area contributed by atoms with Gasteiger partial charge in [-0.1, -0.05) is 17.7 Å². The molecule has 6 aliphatic rings. The molecule has 0 radical (unpaired) electrons. The summed E-state index contributed by atoms with van der Waals surface area (Å²) in [4.78, 5) is 40.9. The van der Waals surface area contributed by atoms with Crippen molar-refractivity contribution in [1.29, 1.82) is 0 Å². The van der Waals surface area contributed by atoms with Gasteiger partial charge < -0.3 is 24.1 Å². The molecule has 0 aromatic heterocycles. The van der Waals surface area contributed by atoms with E-state index in [0.717, 1.165) is 11.9 Å².